The summed E-state index contributed by atoms with van der Waals surface area (Å²) in [7, 11) is 0. The Morgan fingerprint density at radius 3 is 2.22 bits per heavy atom. The minimum atomic E-state index is -0.0172. The second kappa shape index (κ2) is 7.42. The van der Waals surface area contributed by atoms with Gasteiger partial charge < -0.3 is 9.64 Å². The van der Waals surface area contributed by atoms with Gasteiger partial charge in [0.1, 0.15) is 0 Å². The molecular weight excluding hydrogens is 286 g/mol. The van der Waals surface area contributed by atoms with E-state index in [-0.39, 0.29) is 18.1 Å². The van der Waals surface area contributed by atoms with Crippen LogP contribution in [-0.4, -0.2) is 23.0 Å². The zero-order chi connectivity index (χ0) is 16.1. The van der Waals surface area contributed by atoms with Crippen molar-refractivity contribution >= 4 is 5.91 Å². The van der Waals surface area contributed by atoms with E-state index < -0.39 is 0 Å². The number of carbonyl (C=O) groups is 1. The van der Waals surface area contributed by atoms with Gasteiger partial charge in [0.05, 0.1) is 25.2 Å². The third-order valence-electron chi connectivity index (χ3n) is 4.45. The Kier molecular flexibility index (Phi) is 5.09. The van der Waals surface area contributed by atoms with Crippen molar-refractivity contribution in [3.05, 3.63) is 71.8 Å². The van der Waals surface area contributed by atoms with E-state index in [0.717, 1.165) is 12.0 Å². The summed E-state index contributed by atoms with van der Waals surface area (Å²) in [5, 5.41) is 0. The van der Waals surface area contributed by atoms with E-state index in [0.29, 0.717) is 19.6 Å². The van der Waals surface area contributed by atoms with Gasteiger partial charge in [-0.05, 0) is 17.5 Å². The number of likely N-dealkylation sites (tertiary alicyclic amines) is 1. The van der Waals surface area contributed by atoms with Crippen molar-refractivity contribution in [1.82, 2.24) is 4.90 Å². The van der Waals surface area contributed by atoms with Gasteiger partial charge in [-0.15, -0.1) is 0 Å². The molecule has 120 valence electrons. The lowest BCUT2D eigenvalue weighted by Crippen LogP contribution is -2.36. The topological polar surface area (TPSA) is 29.5 Å². The molecule has 1 fully saturated rings. The molecule has 3 heteroatoms. The molecule has 1 heterocycles. The lowest BCUT2D eigenvalue weighted by atomic mass is 10.1. The molecule has 1 aliphatic heterocycles. The number of hydrogen-bond acceptors (Lipinski definition) is 2. The minimum Gasteiger partial charge on any atom is -0.371 e. The zero-order valence-electron chi connectivity index (χ0n) is 13.5. The van der Waals surface area contributed by atoms with E-state index in [1.165, 1.54) is 5.56 Å². The summed E-state index contributed by atoms with van der Waals surface area (Å²) in [6, 6.07) is 20.5. The number of ether oxygens (including phenoxy) is 1. The highest BCUT2D eigenvalue weighted by atomic mass is 16.5. The fourth-order valence-electron chi connectivity index (χ4n) is 3.23. The molecule has 1 amide bonds. The van der Waals surface area contributed by atoms with Crippen molar-refractivity contribution in [2.24, 2.45) is 0 Å². The molecular formula is C20H23NO2. The normalized spacial score (nSPS) is 20.9. The molecule has 1 aliphatic rings. The second-order valence-corrected chi connectivity index (χ2v) is 6.02. The van der Waals surface area contributed by atoms with Crippen molar-refractivity contribution < 1.29 is 9.53 Å². The van der Waals surface area contributed by atoms with Crippen LogP contribution in [0.2, 0.25) is 0 Å². The lowest BCUT2D eigenvalue weighted by molar-refractivity contribution is -0.129. The van der Waals surface area contributed by atoms with Gasteiger partial charge in [-0.3, -0.25) is 4.79 Å². The highest BCUT2D eigenvalue weighted by molar-refractivity contribution is 5.79. The number of hydrogen-bond donors (Lipinski definition) is 0. The molecule has 2 atom stereocenters. The van der Waals surface area contributed by atoms with Crippen LogP contribution in [0.3, 0.4) is 0 Å². The maximum atomic E-state index is 12.4. The molecule has 23 heavy (non-hydrogen) atoms. The Labute approximate surface area is 137 Å². The standard InChI is InChI=1S/C20H23NO2/c1-2-18-19(23-15-17-11-7-4-8-12-17)13-20(22)21(18)14-16-9-5-3-6-10-16/h3-12,18-19H,2,13-15H2,1H3/t18-,19-/m1/s1. The van der Waals surface area contributed by atoms with Gasteiger partial charge in [0.15, 0.2) is 0 Å². The highest BCUT2D eigenvalue weighted by Gasteiger charge is 2.39. The maximum Gasteiger partial charge on any atom is 0.225 e. The molecule has 0 unspecified atom stereocenters. The molecule has 2 aromatic carbocycles. The smallest absolute Gasteiger partial charge is 0.225 e. The highest BCUT2D eigenvalue weighted by Crippen LogP contribution is 2.27. The second-order valence-electron chi connectivity index (χ2n) is 6.02. The van der Waals surface area contributed by atoms with E-state index >= 15 is 0 Å². The molecule has 2 aromatic rings. The first-order valence-corrected chi connectivity index (χ1v) is 8.27. The van der Waals surface area contributed by atoms with E-state index in [9.17, 15) is 4.79 Å². The number of benzene rings is 2. The van der Waals surface area contributed by atoms with Crippen molar-refractivity contribution in [2.75, 3.05) is 0 Å². The fourth-order valence-corrected chi connectivity index (χ4v) is 3.23. The van der Waals surface area contributed by atoms with Crippen molar-refractivity contribution in [1.29, 1.82) is 0 Å². The third-order valence-corrected chi connectivity index (χ3v) is 4.45. The van der Waals surface area contributed by atoms with Crippen molar-refractivity contribution in [3.8, 4) is 0 Å². The summed E-state index contributed by atoms with van der Waals surface area (Å²) < 4.78 is 6.07. The van der Waals surface area contributed by atoms with Crippen LogP contribution in [-0.2, 0) is 22.7 Å². The van der Waals surface area contributed by atoms with Gasteiger partial charge in [0.25, 0.3) is 0 Å². The first kappa shape index (κ1) is 15.8. The van der Waals surface area contributed by atoms with Crippen LogP contribution in [0.1, 0.15) is 30.9 Å². The van der Waals surface area contributed by atoms with Gasteiger partial charge in [0, 0.05) is 6.54 Å². The Bertz CT molecular complexity index is 627. The van der Waals surface area contributed by atoms with Crippen LogP contribution in [0.15, 0.2) is 60.7 Å². The third kappa shape index (κ3) is 3.80. The quantitative estimate of drug-likeness (QED) is 0.812. The van der Waals surface area contributed by atoms with E-state index in [1.807, 2.05) is 41.3 Å². The Morgan fingerprint density at radius 2 is 1.61 bits per heavy atom. The molecule has 0 N–H and O–H groups in total. The van der Waals surface area contributed by atoms with E-state index in [1.54, 1.807) is 0 Å². The molecule has 0 aromatic heterocycles. The number of rotatable bonds is 6. The predicted octanol–water partition coefficient (Wildman–Crippen LogP) is 3.78. The number of amides is 1. The summed E-state index contributed by atoms with van der Waals surface area (Å²) in [6.45, 7) is 3.36. The van der Waals surface area contributed by atoms with Gasteiger partial charge in [0.2, 0.25) is 5.91 Å². The summed E-state index contributed by atoms with van der Waals surface area (Å²) in [6.07, 6.45) is 1.38. The molecule has 3 rings (SSSR count). The van der Waals surface area contributed by atoms with Gasteiger partial charge in [-0.1, -0.05) is 67.6 Å². The zero-order valence-corrected chi connectivity index (χ0v) is 13.5. The summed E-state index contributed by atoms with van der Waals surface area (Å²) in [5.74, 6) is 0.193. The van der Waals surface area contributed by atoms with Crippen molar-refractivity contribution in [3.63, 3.8) is 0 Å². The number of carbonyl (C=O) groups excluding carboxylic acids is 1. The minimum absolute atomic E-state index is 0.0172. The average Bonchev–Trinajstić information content (AvgIpc) is 2.90. The maximum absolute atomic E-state index is 12.4. The monoisotopic (exact) mass is 309 g/mol. The Hall–Kier alpha value is -2.13. The average molecular weight is 309 g/mol. The Morgan fingerprint density at radius 1 is 1.00 bits per heavy atom. The molecule has 0 radical (unpaired) electrons. The fraction of sp³-hybridized carbons (Fsp3) is 0.350. The molecule has 0 aliphatic carbocycles. The largest absolute Gasteiger partial charge is 0.371 e. The van der Waals surface area contributed by atoms with Crippen LogP contribution in [0, 0.1) is 0 Å². The van der Waals surface area contributed by atoms with Crippen LogP contribution in [0.4, 0.5) is 0 Å². The molecule has 3 nitrogen and oxygen atoms in total. The first-order valence-electron chi connectivity index (χ1n) is 8.27. The van der Waals surface area contributed by atoms with Gasteiger partial charge >= 0.3 is 0 Å². The Balaban J connectivity index is 1.65. The van der Waals surface area contributed by atoms with Crippen LogP contribution < -0.4 is 0 Å². The van der Waals surface area contributed by atoms with Crippen LogP contribution >= 0.6 is 0 Å². The molecule has 0 saturated carbocycles. The number of nitrogens with zero attached hydrogens (tertiary/aromatic N) is 1. The van der Waals surface area contributed by atoms with E-state index in [2.05, 4.69) is 31.2 Å². The molecule has 1 saturated heterocycles. The van der Waals surface area contributed by atoms with Gasteiger partial charge in [-0.2, -0.15) is 0 Å². The predicted molar refractivity (Wildman–Crippen MR) is 90.7 cm³/mol. The first-order chi connectivity index (χ1) is 11.3. The molecule has 0 spiro atoms. The van der Waals surface area contributed by atoms with Gasteiger partial charge in [-0.25, -0.2) is 0 Å². The lowest BCUT2D eigenvalue weighted by Gasteiger charge is -2.27. The SMILES string of the molecule is CC[C@@H]1[C@H](OCc2ccccc2)CC(=O)N1Cc1ccccc1. The summed E-state index contributed by atoms with van der Waals surface area (Å²) in [4.78, 5) is 14.4. The molecule has 0 bridgehead atoms. The van der Waals surface area contributed by atoms with Crippen LogP contribution in [0.5, 0.6) is 0 Å². The van der Waals surface area contributed by atoms with Crippen molar-refractivity contribution in [2.45, 2.75) is 45.1 Å². The van der Waals surface area contributed by atoms with E-state index in [4.69, 9.17) is 4.74 Å². The van der Waals surface area contributed by atoms with Crippen LogP contribution in [0.25, 0.3) is 0 Å². The summed E-state index contributed by atoms with van der Waals surface area (Å²) >= 11 is 0. The summed E-state index contributed by atoms with van der Waals surface area (Å²) in [5.41, 5.74) is 2.32.